The van der Waals surface area contributed by atoms with Gasteiger partial charge >= 0.3 is 0 Å². The Bertz CT molecular complexity index is 331. The van der Waals surface area contributed by atoms with Gasteiger partial charge in [-0.2, -0.15) is 0 Å². The van der Waals surface area contributed by atoms with E-state index in [4.69, 9.17) is 5.73 Å². The number of nitrogens with one attached hydrogen (secondary N) is 1. The fourth-order valence-electron chi connectivity index (χ4n) is 0.920. The van der Waals surface area contributed by atoms with E-state index in [1.807, 2.05) is 0 Å². The predicted octanol–water partition coefficient (Wildman–Crippen LogP) is -0.386. The van der Waals surface area contributed by atoms with E-state index in [-0.39, 0.29) is 0 Å². The highest BCUT2D eigenvalue weighted by molar-refractivity contribution is 6.17. The van der Waals surface area contributed by atoms with Gasteiger partial charge in [-0.3, -0.25) is 11.1 Å². The Morgan fingerprint density at radius 3 is 2.38 bits per heavy atom. The van der Waals surface area contributed by atoms with E-state index < -0.39 is 5.91 Å². The van der Waals surface area contributed by atoms with E-state index in [9.17, 15) is 0 Å². The lowest BCUT2D eigenvalue weighted by Gasteiger charge is -2.17. The molecule has 0 aliphatic carbocycles. The summed E-state index contributed by atoms with van der Waals surface area (Å²) in [5, 5.41) is 2.78. The summed E-state index contributed by atoms with van der Waals surface area (Å²) < 4.78 is 0. The molecule has 2 rings (SSSR count). The third-order valence-corrected chi connectivity index (χ3v) is 1.47. The first kappa shape index (κ1) is 7.81. The largest absolute Gasteiger partial charge is 0.298 e. The molecule has 0 aromatic carbocycles. The highest BCUT2D eigenvalue weighted by Gasteiger charge is 2.23. The summed E-state index contributed by atoms with van der Waals surface area (Å²) in [6.07, 6.45) is 6.27. The van der Waals surface area contributed by atoms with Crippen molar-refractivity contribution in [1.29, 1.82) is 0 Å². The van der Waals surface area contributed by atoms with Crippen LogP contribution in [0.2, 0.25) is 0 Å². The molecule has 6 heteroatoms. The van der Waals surface area contributed by atoms with Crippen molar-refractivity contribution in [3.8, 4) is 0 Å². The molecule has 1 aliphatic heterocycles. The van der Waals surface area contributed by atoms with E-state index in [2.05, 4.69) is 25.3 Å². The minimum Gasteiger partial charge on any atom is -0.298 e. The zero-order valence-electron chi connectivity index (χ0n) is 6.75. The van der Waals surface area contributed by atoms with Gasteiger partial charge in [0.15, 0.2) is 0 Å². The van der Waals surface area contributed by atoms with Crippen LogP contribution in [0.4, 0.5) is 5.95 Å². The number of rotatable bonds is 2. The average Bonchev–Trinajstić information content (AvgIpc) is 2.54. The number of hydrogen-bond donors (Lipinski definition) is 2. The first-order valence-electron chi connectivity index (χ1n) is 3.72. The van der Waals surface area contributed by atoms with Crippen LogP contribution in [0, 0.1) is 0 Å². The van der Waals surface area contributed by atoms with Crippen molar-refractivity contribution in [2.24, 2.45) is 15.7 Å². The zero-order valence-corrected chi connectivity index (χ0v) is 6.75. The summed E-state index contributed by atoms with van der Waals surface area (Å²) in [7, 11) is 0. The zero-order chi connectivity index (χ0) is 9.15. The monoisotopic (exact) mass is 176 g/mol. The summed E-state index contributed by atoms with van der Waals surface area (Å²) in [5.41, 5.74) is 5.70. The molecule has 66 valence electrons. The van der Waals surface area contributed by atoms with Crippen LogP contribution in [0.25, 0.3) is 0 Å². The third-order valence-electron chi connectivity index (χ3n) is 1.47. The number of nitrogens with zero attached hydrogens (tertiary/aromatic N) is 4. The van der Waals surface area contributed by atoms with E-state index in [0.29, 0.717) is 5.95 Å². The van der Waals surface area contributed by atoms with Gasteiger partial charge in [0.2, 0.25) is 5.95 Å². The molecule has 0 bridgehead atoms. The van der Waals surface area contributed by atoms with Crippen molar-refractivity contribution >= 4 is 18.4 Å². The smallest absolute Gasteiger partial charge is 0.286 e. The second-order valence-electron chi connectivity index (χ2n) is 2.48. The molecule has 13 heavy (non-hydrogen) atoms. The molecule has 1 aromatic heterocycles. The van der Waals surface area contributed by atoms with Gasteiger partial charge in [0.05, 0.1) is 0 Å². The van der Waals surface area contributed by atoms with Crippen LogP contribution in [0.5, 0.6) is 0 Å². The Balaban J connectivity index is 2.15. The van der Waals surface area contributed by atoms with Crippen molar-refractivity contribution < 1.29 is 0 Å². The molecular formula is C7H8N6. The average molecular weight is 176 g/mol. The van der Waals surface area contributed by atoms with Crippen LogP contribution in [-0.4, -0.2) is 28.3 Å². The lowest BCUT2D eigenvalue weighted by molar-refractivity contribution is 0.548. The Morgan fingerprint density at radius 1 is 1.15 bits per heavy atom. The number of aromatic nitrogens is 2. The topological polar surface area (TPSA) is 88.5 Å². The van der Waals surface area contributed by atoms with Gasteiger partial charge in [0.25, 0.3) is 5.91 Å². The van der Waals surface area contributed by atoms with Gasteiger partial charge in [-0.1, -0.05) is 0 Å². The number of anilines is 1. The highest BCUT2D eigenvalue weighted by Crippen LogP contribution is 2.09. The fourth-order valence-corrected chi connectivity index (χ4v) is 0.920. The molecule has 1 aromatic rings. The van der Waals surface area contributed by atoms with Gasteiger partial charge in [-0.15, -0.1) is 0 Å². The summed E-state index contributed by atoms with van der Waals surface area (Å²) in [4.78, 5) is 15.7. The van der Waals surface area contributed by atoms with Crippen molar-refractivity contribution in [2.75, 3.05) is 5.32 Å². The summed E-state index contributed by atoms with van der Waals surface area (Å²) in [6.45, 7) is 0. The van der Waals surface area contributed by atoms with Crippen LogP contribution in [0.1, 0.15) is 0 Å². The van der Waals surface area contributed by atoms with Crippen LogP contribution in [0.3, 0.4) is 0 Å². The Kier molecular flexibility index (Phi) is 1.75. The summed E-state index contributed by atoms with van der Waals surface area (Å²) >= 11 is 0. The molecule has 0 saturated carbocycles. The lowest BCUT2D eigenvalue weighted by atomic mass is 10.6. The first-order valence-corrected chi connectivity index (χ1v) is 3.72. The van der Waals surface area contributed by atoms with Crippen molar-refractivity contribution in [3.63, 3.8) is 0 Å². The molecule has 0 fully saturated rings. The van der Waals surface area contributed by atoms with Crippen LogP contribution in [-0.2, 0) is 0 Å². The Morgan fingerprint density at radius 2 is 1.77 bits per heavy atom. The predicted molar refractivity (Wildman–Crippen MR) is 49.6 cm³/mol. The molecule has 0 atom stereocenters. The minimum absolute atomic E-state index is 0.404. The number of hydrogen-bond acceptors (Lipinski definition) is 6. The van der Waals surface area contributed by atoms with Gasteiger partial charge < -0.3 is 0 Å². The van der Waals surface area contributed by atoms with Crippen molar-refractivity contribution in [1.82, 2.24) is 9.97 Å². The van der Waals surface area contributed by atoms with Crippen LogP contribution < -0.4 is 11.1 Å². The molecule has 6 nitrogen and oxygen atoms in total. The van der Waals surface area contributed by atoms with Crippen LogP contribution in [0.15, 0.2) is 28.4 Å². The fraction of sp³-hybridized carbons (Fsp3) is 0.143. The summed E-state index contributed by atoms with van der Waals surface area (Å²) in [5.74, 6) is -0.734. The lowest BCUT2D eigenvalue weighted by Crippen LogP contribution is -2.42. The van der Waals surface area contributed by atoms with Crippen molar-refractivity contribution in [3.05, 3.63) is 18.5 Å². The highest BCUT2D eigenvalue weighted by atomic mass is 15.4. The quantitative estimate of drug-likeness (QED) is 0.601. The SMILES string of the molecule is NC1(Nc2ncccn2)N=CC=N1. The van der Waals surface area contributed by atoms with Crippen LogP contribution >= 0.6 is 0 Å². The van der Waals surface area contributed by atoms with Gasteiger partial charge in [-0.05, 0) is 6.07 Å². The van der Waals surface area contributed by atoms with E-state index in [0.717, 1.165) is 0 Å². The Hall–Kier alpha value is -1.82. The Labute approximate surface area is 74.6 Å². The maximum Gasteiger partial charge on any atom is 0.286 e. The van der Waals surface area contributed by atoms with Gasteiger partial charge in [0, 0.05) is 24.8 Å². The maximum absolute atomic E-state index is 5.70. The normalized spacial score (nSPS) is 17.6. The molecule has 1 aliphatic rings. The van der Waals surface area contributed by atoms with E-state index in [1.165, 1.54) is 12.4 Å². The minimum atomic E-state index is -1.14. The molecule has 0 amide bonds. The van der Waals surface area contributed by atoms with Gasteiger partial charge in [0.1, 0.15) is 0 Å². The molecular weight excluding hydrogens is 168 g/mol. The number of nitrogens with two attached hydrogens (primary N) is 1. The van der Waals surface area contributed by atoms with E-state index >= 15 is 0 Å². The molecule has 2 heterocycles. The second kappa shape index (κ2) is 2.91. The second-order valence-corrected chi connectivity index (χ2v) is 2.48. The molecule has 3 N–H and O–H groups in total. The molecule has 0 saturated heterocycles. The molecule has 0 radical (unpaired) electrons. The van der Waals surface area contributed by atoms with Gasteiger partial charge in [-0.25, -0.2) is 20.0 Å². The molecule has 0 spiro atoms. The van der Waals surface area contributed by atoms with E-state index in [1.54, 1.807) is 18.5 Å². The van der Waals surface area contributed by atoms with Crippen molar-refractivity contribution in [2.45, 2.75) is 5.91 Å². The third kappa shape index (κ3) is 1.67. The molecule has 0 unspecified atom stereocenters. The summed E-state index contributed by atoms with van der Waals surface area (Å²) in [6, 6.07) is 1.72. The standard InChI is InChI=1S/C7H8N6/c8-7(11-4-5-12-7)13-6-9-2-1-3-10-6/h1-5H,8H2,(H,9,10,13). The number of aliphatic imine (C=N–C) groups is 2. The maximum atomic E-state index is 5.70. The first-order chi connectivity index (χ1) is 6.29.